The number of ether oxygens (including phenoxy) is 1. The highest BCUT2D eigenvalue weighted by Crippen LogP contribution is 2.24. The Bertz CT molecular complexity index is 361. The standard InChI is InChI=1S/C12H21N3O/c1-8-6-10(15(3)14-8)7-12(13)11-4-5-16-9(11)2/h6,9,11-12H,4-5,7,13H2,1-3H3. The van der Waals surface area contributed by atoms with Crippen LogP contribution in [-0.4, -0.2) is 28.5 Å². The summed E-state index contributed by atoms with van der Waals surface area (Å²) in [7, 11) is 1.98. The molecule has 1 aromatic rings. The lowest BCUT2D eigenvalue weighted by atomic mass is 9.91. The van der Waals surface area contributed by atoms with E-state index < -0.39 is 0 Å². The first-order valence-corrected chi connectivity index (χ1v) is 5.94. The predicted molar refractivity (Wildman–Crippen MR) is 63.1 cm³/mol. The molecule has 3 unspecified atom stereocenters. The molecule has 0 amide bonds. The van der Waals surface area contributed by atoms with Gasteiger partial charge < -0.3 is 10.5 Å². The second-order valence-electron chi connectivity index (χ2n) is 4.80. The van der Waals surface area contributed by atoms with E-state index in [1.807, 2.05) is 18.7 Å². The van der Waals surface area contributed by atoms with Crippen LogP contribution in [-0.2, 0) is 18.2 Å². The van der Waals surface area contributed by atoms with Crippen molar-refractivity contribution in [1.29, 1.82) is 0 Å². The van der Waals surface area contributed by atoms with Crippen LogP contribution in [0.2, 0.25) is 0 Å². The van der Waals surface area contributed by atoms with Crippen LogP contribution in [0, 0.1) is 12.8 Å². The number of rotatable bonds is 3. The molecule has 0 bridgehead atoms. The zero-order valence-corrected chi connectivity index (χ0v) is 10.3. The van der Waals surface area contributed by atoms with Gasteiger partial charge in [-0.1, -0.05) is 0 Å². The fourth-order valence-corrected chi connectivity index (χ4v) is 2.56. The van der Waals surface area contributed by atoms with Gasteiger partial charge >= 0.3 is 0 Å². The minimum atomic E-state index is 0.173. The van der Waals surface area contributed by atoms with Crippen molar-refractivity contribution >= 4 is 0 Å². The zero-order chi connectivity index (χ0) is 11.7. The Labute approximate surface area is 96.8 Å². The monoisotopic (exact) mass is 223 g/mol. The lowest BCUT2D eigenvalue weighted by Crippen LogP contribution is -2.36. The summed E-state index contributed by atoms with van der Waals surface area (Å²) in [4.78, 5) is 0. The summed E-state index contributed by atoms with van der Waals surface area (Å²) in [6.45, 7) is 4.98. The predicted octanol–water partition coefficient (Wildman–Crippen LogP) is 1.02. The third-order valence-electron chi connectivity index (χ3n) is 3.53. The van der Waals surface area contributed by atoms with Crippen LogP contribution >= 0.6 is 0 Å². The number of aryl methyl sites for hydroxylation is 2. The number of nitrogens with two attached hydrogens (primary N) is 1. The third kappa shape index (κ3) is 2.28. The Morgan fingerprint density at radius 1 is 1.69 bits per heavy atom. The van der Waals surface area contributed by atoms with Crippen LogP contribution in [0.25, 0.3) is 0 Å². The van der Waals surface area contributed by atoms with Gasteiger partial charge in [-0.3, -0.25) is 4.68 Å². The quantitative estimate of drug-likeness (QED) is 0.832. The molecule has 1 aromatic heterocycles. The van der Waals surface area contributed by atoms with Gasteiger partial charge in [-0.25, -0.2) is 0 Å². The lowest BCUT2D eigenvalue weighted by Gasteiger charge is -2.21. The van der Waals surface area contributed by atoms with Crippen LogP contribution in [0.5, 0.6) is 0 Å². The summed E-state index contributed by atoms with van der Waals surface area (Å²) in [6.07, 6.45) is 2.26. The Hall–Kier alpha value is -0.870. The van der Waals surface area contributed by atoms with Crippen molar-refractivity contribution in [3.8, 4) is 0 Å². The molecule has 2 rings (SSSR count). The largest absolute Gasteiger partial charge is 0.378 e. The number of nitrogens with zero attached hydrogens (tertiary/aromatic N) is 2. The van der Waals surface area contributed by atoms with Crippen LogP contribution in [0.1, 0.15) is 24.7 Å². The molecule has 0 spiro atoms. The van der Waals surface area contributed by atoms with E-state index in [0.717, 1.165) is 25.1 Å². The lowest BCUT2D eigenvalue weighted by molar-refractivity contribution is 0.0993. The average Bonchev–Trinajstić information content (AvgIpc) is 2.74. The second-order valence-corrected chi connectivity index (χ2v) is 4.80. The van der Waals surface area contributed by atoms with E-state index in [1.54, 1.807) is 0 Å². The van der Waals surface area contributed by atoms with Crippen molar-refractivity contribution < 1.29 is 4.74 Å². The number of hydrogen-bond donors (Lipinski definition) is 1. The van der Waals surface area contributed by atoms with Crippen molar-refractivity contribution in [3.05, 3.63) is 17.5 Å². The maximum absolute atomic E-state index is 6.26. The molecule has 1 aliphatic heterocycles. The molecule has 4 nitrogen and oxygen atoms in total. The van der Waals surface area contributed by atoms with E-state index in [9.17, 15) is 0 Å². The normalized spacial score (nSPS) is 27.2. The second kappa shape index (κ2) is 4.55. The van der Waals surface area contributed by atoms with Crippen LogP contribution in [0.4, 0.5) is 0 Å². The van der Waals surface area contributed by atoms with Crippen LogP contribution < -0.4 is 5.73 Å². The highest BCUT2D eigenvalue weighted by molar-refractivity contribution is 5.10. The molecule has 3 atom stereocenters. The summed E-state index contributed by atoms with van der Waals surface area (Å²) < 4.78 is 7.48. The van der Waals surface area contributed by atoms with E-state index in [4.69, 9.17) is 10.5 Å². The van der Waals surface area contributed by atoms with E-state index in [2.05, 4.69) is 18.1 Å². The van der Waals surface area contributed by atoms with Gasteiger partial charge in [0.15, 0.2) is 0 Å². The van der Waals surface area contributed by atoms with E-state index in [0.29, 0.717) is 12.0 Å². The molecule has 1 aliphatic rings. The van der Waals surface area contributed by atoms with Crippen LogP contribution in [0.15, 0.2) is 6.07 Å². The molecule has 2 heterocycles. The Morgan fingerprint density at radius 2 is 2.44 bits per heavy atom. The van der Waals surface area contributed by atoms with Crippen LogP contribution in [0.3, 0.4) is 0 Å². The van der Waals surface area contributed by atoms with Gasteiger partial charge in [0.1, 0.15) is 0 Å². The third-order valence-corrected chi connectivity index (χ3v) is 3.53. The van der Waals surface area contributed by atoms with Crippen molar-refractivity contribution in [1.82, 2.24) is 9.78 Å². The molecular weight excluding hydrogens is 202 g/mol. The number of hydrogen-bond acceptors (Lipinski definition) is 3. The van der Waals surface area contributed by atoms with Gasteiger partial charge in [-0.05, 0) is 26.3 Å². The van der Waals surface area contributed by atoms with Crippen molar-refractivity contribution in [3.63, 3.8) is 0 Å². The van der Waals surface area contributed by atoms with Gasteiger partial charge in [0.25, 0.3) is 0 Å². The van der Waals surface area contributed by atoms with Crippen molar-refractivity contribution in [2.24, 2.45) is 18.7 Å². The first kappa shape index (κ1) is 11.6. The maximum atomic E-state index is 6.26. The minimum absolute atomic E-state index is 0.173. The molecule has 16 heavy (non-hydrogen) atoms. The topological polar surface area (TPSA) is 53.1 Å². The molecule has 0 aromatic carbocycles. The molecule has 0 saturated carbocycles. The van der Waals surface area contributed by atoms with Gasteiger partial charge in [-0.2, -0.15) is 5.10 Å². The van der Waals surface area contributed by atoms with Crippen molar-refractivity contribution in [2.75, 3.05) is 6.61 Å². The minimum Gasteiger partial charge on any atom is -0.378 e. The molecule has 1 saturated heterocycles. The zero-order valence-electron chi connectivity index (χ0n) is 10.3. The van der Waals surface area contributed by atoms with E-state index in [-0.39, 0.29) is 6.04 Å². The van der Waals surface area contributed by atoms with Gasteiger partial charge in [0, 0.05) is 37.7 Å². The molecule has 2 N–H and O–H groups in total. The summed E-state index contributed by atoms with van der Waals surface area (Å²) >= 11 is 0. The molecule has 0 aliphatic carbocycles. The Kier molecular flexibility index (Phi) is 3.30. The van der Waals surface area contributed by atoms with E-state index in [1.165, 1.54) is 5.69 Å². The smallest absolute Gasteiger partial charge is 0.0596 e. The highest BCUT2D eigenvalue weighted by Gasteiger charge is 2.30. The molecule has 0 radical (unpaired) electrons. The molecular formula is C12H21N3O. The summed E-state index contributed by atoms with van der Waals surface area (Å²) in [5.41, 5.74) is 8.53. The van der Waals surface area contributed by atoms with Gasteiger partial charge in [0.2, 0.25) is 0 Å². The molecule has 90 valence electrons. The summed E-state index contributed by atoms with van der Waals surface area (Å²) in [5, 5.41) is 4.34. The fraction of sp³-hybridized carbons (Fsp3) is 0.750. The summed E-state index contributed by atoms with van der Waals surface area (Å²) in [5.74, 6) is 0.482. The maximum Gasteiger partial charge on any atom is 0.0596 e. The Morgan fingerprint density at radius 3 is 2.94 bits per heavy atom. The Balaban J connectivity index is 2.01. The fourth-order valence-electron chi connectivity index (χ4n) is 2.56. The molecule has 4 heteroatoms. The average molecular weight is 223 g/mol. The molecule has 1 fully saturated rings. The van der Waals surface area contributed by atoms with Crippen molar-refractivity contribution in [2.45, 2.75) is 38.8 Å². The van der Waals surface area contributed by atoms with E-state index >= 15 is 0 Å². The number of aromatic nitrogens is 2. The van der Waals surface area contributed by atoms with Gasteiger partial charge in [0.05, 0.1) is 11.8 Å². The SMILES string of the molecule is Cc1cc(CC(N)C2CCOC2C)n(C)n1. The first-order valence-electron chi connectivity index (χ1n) is 5.94. The summed E-state index contributed by atoms with van der Waals surface area (Å²) in [6, 6.07) is 2.28. The van der Waals surface area contributed by atoms with Gasteiger partial charge in [-0.15, -0.1) is 0 Å². The highest BCUT2D eigenvalue weighted by atomic mass is 16.5. The first-order chi connectivity index (χ1) is 7.58.